The highest BCUT2D eigenvalue weighted by Crippen LogP contribution is 2.21. The standard InChI is InChI=1S/C18H24N4O2/c1-2-21-15-5-3-4-6-16(15)22(18(21)24)12-17(23)20-10-9-13-7-8-14(11-20)19-13/h3-6,13-14,19H,2,7-12H2,1H3. The molecule has 6 heteroatoms. The number of fused-ring (bicyclic) bond motifs is 3. The van der Waals surface area contributed by atoms with Crippen LogP contribution in [0.4, 0.5) is 0 Å². The van der Waals surface area contributed by atoms with Crippen LogP contribution in [0.15, 0.2) is 29.1 Å². The first kappa shape index (κ1) is 15.4. The van der Waals surface area contributed by atoms with Gasteiger partial charge in [-0.15, -0.1) is 0 Å². The van der Waals surface area contributed by atoms with Crippen molar-refractivity contribution in [3.8, 4) is 0 Å². The Morgan fingerprint density at radius 1 is 1.12 bits per heavy atom. The number of para-hydroxylation sites is 2. The normalized spacial score (nSPS) is 23.6. The Morgan fingerprint density at radius 3 is 2.58 bits per heavy atom. The first-order valence-corrected chi connectivity index (χ1v) is 8.89. The van der Waals surface area contributed by atoms with Crippen LogP contribution in [-0.4, -0.2) is 45.1 Å². The van der Waals surface area contributed by atoms with E-state index in [1.807, 2.05) is 36.1 Å². The number of benzene rings is 1. The smallest absolute Gasteiger partial charge is 0.329 e. The Bertz CT molecular complexity index is 822. The SMILES string of the molecule is CCn1c(=O)n(CC(=O)N2CCC3CCC(C2)N3)c2ccccc21. The van der Waals surface area contributed by atoms with Gasteiger partial charge < -0.3 is 10.2 Å². The maximum absolute atomic E-state index is 12.8. The second-order valence-corrected chi connectivity index (χ2v) is 6.87. The number of nitrogens with one attached hydrogen (secondary N) is 1. The zero-order chi connectivity index (χ0) is 16.7. The van der Waals surface area contributed by atoms with Gasteiger partial charge in [-0.25, -0.2) is 4.79 Å². The summed E-state index contributed by atoms with van der Waals surface area (Å²) in [5, 5.41) is 3.59. The molecule has 3 heterocycles. The lowest BCUT2D eigenvalue weighted by molar-refractivity contribution is -0.132. The van der Waals surface area contributed by atoms with E-state index in [4.69, 9.17) is 0 Å². The molecule has 2 aliphatic heterocycles. The number of amides is 1. The lowest BCUT2D eigenvalue weighted by Crippen LogP contribution is -2.41. The van der Waals surface area contributed by atoms with E-state index >= 15 is 0 Å². The second kappa shape index (κ2) is 6.09. The van der Waals surface area contributed by atoms with E-state index in [1.54, 1.807) is 9.13 Å². The average molecular weight is 328 g/mol. The molecule has 2 atom stereocenters. The predicted molar refractivity (Wildman–Crippen MR) is 93.0 cm³/mol. The molecular weight excluding hydrogens is 304 g/mol. The molecule has 0 radical (unpaired) electrons. The molecule has 0 spiro atoms. The number of carbonyl (C=O) groups excluding carboxylic acids is 1. The van der Waals surface area contributed by atoms with Crippen LogP contribution in [0.3, 0.4) is 0 Å². The number of likely N-dealkylation sites (tertiary alicyclic amines) is 1. The molecule has 0 saturated carbocycles. The van der Waals surface area contributed by atoms with Gasteiger partial charge in [-0.3, -0.25) is 13.9 Å². The number of carbonyl (C=O) groups is 1. The maximum atomic E-state index is 12.8. The van der Waals surface area contributed by atoms with Gasteiger partial charge in [0.25, 0.3) is 0 Å². The molecule has 1 aromatic heterocycles. The number of aryl methyl sites for hydroxylation is 1. The minimum Gasteiger partial charge on any atom is -0.340 e. The van der Waals surface area contributed by atoms with Crippen molar-refractivity contribution < 1.29 is 4.79 Å². The number of imidazole rings is 1. The highest BCUT2D eigenvalue weighted by atomic mass is 16.2. The Kier molecular flexibility index (Phi) is 3.92. The molecule has 2 fully saturated rings. The van der Waals surface area contributed by atoms with Gasteiger partial charge in [0.2, 0.25) is 5.91 Å². The van der Waals surface area contributed by atoms with Crippen molar-refractivity contribution in [2.45, 2.75) is 51.4 Å². The number of nitrogens with zero attached hydrogens (tertiary/aromatic N) is 3. The molecule has 2 unspecified atom stereocenters. The molecule has 1 amide bonds. The first-order valence-electron chi connectivity index (χ1n) is 8.89. The molecule has 1 N–H and O–H groups in total. The molecule has 2 bridgehead atoms. The van der Waals surface area contributed by atoms with E-state index < -0.39 is 0 Å². The zero-order valence-electron chi connectivity index (χ0n) is 14.1. The summed E-state index contributed by atoms with van der Waals surface area (Å²) in [5.41, 5.74) is 1.64. The molecule has 2 saturated heterocycles. The monoisotopic (exact) mass is 328 g/mol. The van der Waals surface area contributed by atoms with Gasteiger partial charge >= 0.3 is 5.69 Å². The lowest BCUT2D eigenvalue weighted by atomic mass is 10.1. The van der Waals surface area contributed by atoms with Gasteiger partial charge in [-0.05, 0) is 38.3 Å². The van der Waals surface area contributed by atoms with E-state index in [2.05, 4.69) is 5.32 Å². The van der Waals surface area contributed by atoms with Crippen LogP contribution in [-0.2, 0) is 17.9 Å². The number of hydrogen-bond acceptors (Lipinski definition) is 3. The van der Waals surface area contributed by atoms with E-state index in [0.717, 1.165) is 37.0 Å². The van der Waals surface area contributed by atoms with Crippen LogP contribution in [0.2, 0.25) is 0 Å². The molecule has 6 nitrogen and oxygen atoms in total. The number of hydrogen-bond donors (Lipinski definition) is 1. The fraction of sp³-hybridized carbons (Fsp3) is 0.556. The molecule has 2 aliphatic rings. The van der Waals surface area contributed by atoms with Crippen molar-refractivity contribution >= 4 is 16.9 Å². The van der Waals surface area contributed by atoms with E-state index in [9.17, 15) is 9.59 Å². The quantitative estimate of drug-likeness (QED) is 0.920. The third-order valence-corrected chi connectivity index (χ3v) is 5.41. The Morgan fingerprint density at radius 2 is 1.83 bits per heavy atom. The van der Waals surface area contributed by atoms with Crippen molar-refractivity contribution in [3.63, 3.8) is 0 Å². The summed E-state index contributed by atoms with van der Waals surface area (Å²) in [6.07, 6.45) is 3.37. The molecule has 2 aromatic rings. The van der Waals surface area contributed by atoms with Crippen molar-refractivity contribution in [2.75, 3.05) is 13.1 Å². The largest absolute Gasteiger partial charge is 0.340 e. The van der Waals surface area contributed by atoms with Crippen molar-refractivity contribution in [2.24, 2.45) is 0 Å². The van der Waals surface area contributed by atoms with E-state index in [-0.39, 0.29) is 18.1 Å². The third-order valence-electron chi connectivity index (χ3n) is 5.41. The highest BCUT2D eigenvalue weighted by Gasteiger charge is 2.31. The van der Waals surface area contributed by atoms with E-state index in [1.165, 1.54) is 6.42 Å². The number of aromatic nitrogens is 2. The zero-order valence-corrected chi connectivity index (χ0v) is 14.1. The summed E-state index contributed by atoms with van der Waals surface area (Å²) in [5.74, 6) is 0.0467. The van der Waals surface area contributed by atoms with Gasteiger partial charge in [0.15, 0.2) is 0 Å². The first-order chi connectivity index (χ1) is 11.7. The minimum absolute atomic E-state index is 0.0467. The van der Waals surface area contributed by atoms with Crippen LogP contribution in [0.5, 0.6) is 0 Å². The highest BCUT2D eigenvalue weighted by molar-refractivity contribution is 5.81. The van der Waals surface area contributed by atoms with Gasteiger partial charge in [0.05, 0.1) is 11.0 Å². The second-order valence-electron chi connectivity index (χ2n) is 6.87. The molecule has 0 aliphatic carbocycles. The van der Waals surface area contributed by atoms with E-state index in [0.29, 0.717) is 18.6 Å². The van der Waals surface area contributed by atoms with Crippen LogP contribution in [0.25, 0.3) is 11.0 Å². The summed E-state index contributed by atoms with van der Waals surface area (Å²) >= 11 is 0. The topological polar surface area (TPSA) is 59.3 Å². The molecule has 1 aromatic carbocycles. The molecule has 4 rings (SSSR count). The minimum atomic E-state index is -0.0958. The third kappa shape index (κ3) is 2.55. The predicted octanol–water partition coefficient (Wildman–Crippen LogP) is 1.18. The van der Waals surface area contributed by atoms with Crippen LogP contribution in [0, 0.1) is 0 Å². The molecular formula is C18H24N4O2. The summed E-state index contributed by atoms with van der Waals surface area (Å²) in [6, 6.07) is 8.67. The van der Waals surface area contributed by atoms with Gasteiger partial charge in [0, 0.05) is 31.7 Å². The Hall–Kier alpha value is -2.08. The molecule has 24 heavy (non-hydrogen) atoms. The van der Waals surface area contributed by atoms with Crippen molar-refractivity contribution in [1.82, 2.24) is 19.4 Å². The van der Waals surface area contributed by atoms with Crippen molar-refractivity contribution in [1.29, 1.82) is 0 Å². The Balaban J connectivity index is 1.61. The van der Waals surface area contributed by atoms with Gasteiger partial charge in [-0.2, -0.15) is 0 Å². The maximum Gasteiger partial charge on any atom is 0.329 e. The van der Waals surface area contributed by atoms with Crippen LogP contribution < -0.4 is 11.0 Å². The van der Waals surface area contributed by atoms with Gasteiger partial charge in [-0.1, -0.05) is 12.1 Å². The summed E-state index contributed by atoms with van der Waals surface area (Å²) in [7, 11) is 0. The number of rotatable bonds is 3. The van der Waals surface area contributed by atoms with Crippen LogP contribution >= 0.6 is 0 Å². The Labute approximate surface area is 141 Å². The summed E-state index contributed by atoms with van der Waals surface area (Å²) < 4.78 is 3.35. The fourth-order valence-electron chi connectivity index (χ4n) is 4.14. The average Bonchev–Trinajstić information content (AvgIpc) is 3.04. The fourth-order valence-corrected chi connectivity index (χ4v) is 4.14. The lowest BCUT2D eigenvalue weighted by Gasteiger charge is -2.24. The van der Waals surface area contributed by atoms with Crippen molar-refractivity contribution in [3.05, 3.63) is 34.7 Å². The summed E-state index contributed by atoms with van der Waals surface area (Å²) in [4.78, 5) is 27.4. The summed E-state index contributed by atoms with van der Waals surface area (Å²) in [6.45, 7) is 4.24. The van der Waals surface area contributed by atoms with Gasteiger partial charge in [0.1, 0.15) is 6.54 Å². The van der Waals surface area contributed by atoms with Crippen LogP contribution in [0.1, 0.15) is 26.2 Å². The molecule has 128 valence electrons.